The maximum absolute atomic E-state index is 10.4. The van der Waals surface area contributed by atoms with E-state index in [2.05, 4.69) is 15.7 Å². The highest BCUT2D eigenvalue weighted by atomic mass is 16.4. The number of carbonyl (C=O) groups is 1. The molecule has 0 unspecified atom stereocenters. The van der Waals surface area contributed by atoms with Crippen molar-refractivity contribution in [2.24, 2.45) is 10.2 Å². The van der Waals surface area contributed by atoms with Crippen LogP contribution in [-0.4, -0.2) is 11.1 Å². The summed E-state index contributed by atoms with van der Waals surface area (Å²) < 4.78 is 0. The minimum Gasteiger partial charge on any atom is -0.481 e. The molecule has 1 N–H and O–H groups in total. The van der Waals surface area contributed by atoms with Gasteiger partial charge in [-0.2, -0.15) is 0 Å². The van der Waals surface area contributed by atoms with E-state index in [-0.39, 0.29) is 6.42 Å². The molecule has 0 saturated heterocycles. The third kappa shape index (κ3) is 1.56. The molecule has 1 radical (unpaired) electrons. The molecule has 5 heteroatoms. The standard InChI is InChI=1S/C9H8N3O2/c13-8(14)5-4-6-2-1-3-7-9(6)11-12-10-7/h1-3H,4-5H2,(H,13,14). The second-order valence-electron chi connectivity index (χ2n) is 2.97. The molecule has 0 aliphatic carbocycles. The van der Waals surface area contributed by atoms with E-state index in [4.69, 9.17) is 5.11 Å². The Morgan fingerprint density at radius 2 is 2.21 bits per heavy atom. The number of nitrogens with zero attached hydrogens (tertiary/aromatic N) is 3. The first-order valence-corrected chi connectivity index (χ1v) is 4.23. The molecule has 71 valence electrons. The second-order valence-corrected chi connectivity index (χ2v) is 2.97. The van der Waals surface area contributed by atoms with Crippen LogP contribution in [0.15, 0.2) is 28.4 Å². The summed E-state index contributed by atoms with van der Waals surface area (Å²) in [5.74, 6) is -0.811. The van der Waals surface area contributed by atoms with E-state index in [0.29, 0.717) is 17.1 Å². The Morgan fingerprint density at radius 3 is 3.00 bits per heavy atom. The minimum atomic E-state index is -0.811. The van der Waals surface area contributed by atoms with Crippen LogP contribution in [0, 0.1) is 0 Å². The lowest BCUT2D eigenvalue weighted by Crippen LogP contribution is -2.26. The molecular formula is C9H8N3O2. The van der Waals surface area contributed by atoms with Gasteiger partial charge >= 0.3 is 5.97 Å². The Hall–Kier alpha value is -1.91. The molecule has 0 saturated carbocycles. The SMILES string of the molecule is O=C(O)CCc1cccc2c1=N[N]N=2. The Morgan fingerprint density at radius 1 is 1.36 bits per heavy atom. The van der Waals surface area contributed by atoms with E-state index in [1.165, 1.54) is 0 Å². The van der Waals surface area contributed by atoms with E-state index >= 15 is 0 Å². The lowest BCUT2D eigenvalue weighted by atomic mass is 10.1. The first kappa shape index (κ1) is 8.68. The van der Waals surface area contributed by atoms with Crippen LogP contribution in [0.1, 0.15) is 12.0 Å². The second kappa shape index (κ2) is 3.45. The minimum absolute atomic E-state index is 0.103. The highest BCUT2D eigenvalue weighted by molar-refractivity contribution is 5.67. The Bertz CT molecular complexity index is 481. The molecule has 0 amide bonds. The van der Waals surface area contributed by atoms with Gasteiger partial charge < -0.3 is 5.11 Å². The van der Waals surface area contributed by atoms with Gasteiger partial charge in [0.15, 0.2) is 0 Å². The van der Waals surface area contributed by atoms with Crippen LogP contribution >= 0.6 is 0 Å². The summed E-state index contributed by atoms with van der Waals surface area (Å²) in [4.78, 5) is 10.4. The molecule has 0 atom stereocenters. The molecule has 1 aliphatic heterocycles. The van der Waals surface area contributed by atoms with E-state index < -0.39 is 5.97 Å². The van der Waals surface area contributed by atoms with Crippen molar-refractivity contribution >= 4 is 5.97 Å². The molecule has 1 aromatic rings. The van der Waals surface area contributed by atoms with Crippen LogP contribution < -0.4 is 16.2 Å². The molecule has 5 nitrogen and oxygen atoms in total. The van der Waals surface area contributed by atoms with E-state index in [9.17, 15) is 4.79 Å². The van der Waals surface area contributed by atoms with Gasteiger partial charge in [0.1, 0.15) is 10.7 Å². The zero-order valence-electron chi connectivity index (χ0n) is 7.34. The lowest BCUT2D eigenvalue weighted by Gasteiger charge is -1.96. The Balaban J connectivity index is 2.33. The van der Waals surface area contributed by atoms with Crippen LogP contribution in [0.25, 0.3) is 0 Å². The van der Waals surface area contributed by atoms with Crippen LogP contribution in [0.5, 0.6) is 0 Å². The molecule has 2 rings (SSSR count). The van der Waals surface area contributed by atoms with Crippen molar-refractivity contribution in [2.75, 3.05) is 0 Å². The summed E-state index contributed by atoms with van der Waals surface area (Å²) in [5, 5.41) is 17.6. The van der Waals surface area contributed by atoms with Crippen molar-refractivity contribution in [1.29, 1.82) is 0 Å². The number of aliphatic carboxylic acids is 1. The number of hydrogen-bond donors (Lipinski definition) is 1. The van der Waals surface area contributed by atoms with Gasteiger partial charge in [-0.3, -0.25) is 4.79 Å². The van der Waals surface area contributed by atoms with Gasteiger partial charge in [-0.1, -0.05) is 12.1 Å². The predicted molar refractivity (Wildman–Crippen MR) is 46.8 cm³/mol. The van der Waals surface area contributed by atoms with Crippen LogP contribution in [0.2, 0.25) is 0 Å². The molecule has 1 heterocycles. The summed E-state index contributed by atoms with van der Waals surface area (Å²) >= 11 is 0. The van der Waals surface area contributed by atoms with Gasteiger partial charge in [-0.15, -0.1) is 10.2 Å². The van der Waals surface area contributed by atoms with Gasteiger partial charge in [0.25, 0.3) is 0 Å². The van der Waals surface area contributed by atoms with Crippen molar-refractivity contribution < 1.29 is 9.90 Å². The van der Waals surface area contributed by atoms with Crippen molar-refractivity contribution in [3.8, 4) is 0 Å². The smallest absolute Gasteiger partial charge is 0.303 e. The zero-order chi connectivity index (χ0) is 9.97. The Labute approximate surface area is 79.8 Å². The normalized spacial score (nSPS) is 12.3. The van der Waals surface area contributed by atoms with E-state index in [1.54, 1.807) is 6.07 Å². The monoisotopic (exact) mass is 190 g/mol. The van der Waals surface area contributed by atoms with Gasteiger partial charge in [-0.25, -0.2) is 0 Å². The first-order valence-electron chi connectivity index (χ1n) is 4.23. The number of benzene rings is 1. The average molecular weight is 190 g/mol. The van der Waals surface area contributed by atoms with E-state index in [1.807, 2.05) is 12.1 Å². The zero-order valence-corrected chi connectivity index (χ0v) is 7.34. The van der Waals surface area contributed by atoms with Gasteiger partial charge in [0.05, 0.1) is 0 Å². The molecule has 0 spiro atoms. The molecule has 0 fully saturated rings. The number of hydrogen-bond acceptors (Lipinski definition) is 3. The lowest BCUT2D eigenvalue weighted by molar-refractivity contribution is -0.136. The average Bonchev–Trinajstić information content (AvgIpc) is 2.62. The van der Waals surface area contributed by atoms with Crippen LogP contribution in [0.4, 0.5) is 0 Å². The number of fused-ring (bicyclic) bond motifs is 1. The third-order valence-electron chi connectivity index (χ3n) is 2.00. The van der Waals surface area contributed by atoms with Crippen molar-refractivity contribution in [2.45, 2.75) is 12.8 Å². The summed E-state index contributed by atoms with van der Waals surface area (Å²) in [6.45, 7) is 0. The van der Waals surface area contributed by atoms with Crippen molar-refractivity contribution in [1.82, 2.24) is 5.53 Å². The summed E-state index contributed by atoms with van der Waals surface area (Å²) in [5.41, 5.74) is 4.43. The summed E-state index contributed by atoms with van der Waals surface area (Å²) in [7, 11) is 0. The summed E-state index contributed by atoms with van der Waals surface area (Å²) in [6, 6.07) is 5.48. The van der Waals surface area contributed by atoms with Crippen molar-refractivity contribution in [3.05, 3.63) is 34.5 Å². The Kier molecular flexibility index (Phi) is 2.14. The van der Waals surface area contributed by atoms with Crippen molar-refractivity contribution in [3.63, 3.8) is 0 Å². The number of carboxylic acid groups (broad SMARTS) is 1. The molecule has 1 aromatic carbocycles. The molecule has 0 aromatic heterocycles. The molecular weight excluding hydrogens is 182 g/mol. The fourth-order valence-electron chi connectivity index (χ4n) is 1.33. The maximum atomic E-state index is 10.4. The largest absolute Gasteiger partial charge is 0.481 e. The highest BCUT2D eigenvalue weighted by Crippen LogP contribution is 1.96. The van der Waals surface area contributed by atoms with Gasteiger partial charge in [0, 0.05) is 6.42 Å². The first-order chi connectivity index (χ1) is 6.77. The van der Waals surface area contributed by atoms with E-state index in [0.717, 1.165) is 5.56 Å². The maximum Gasteiger partial charge on any atom is 0.303 e. The molecule has 1 aliphatic rings. The van der Waals surface area contributed by atoms with Gasteiger partial charge in [-0.05, 0) is 23.6 Å². The van der Waals surface area contributed by atoms with Gasteiger partial charge in [0.2, 0.25) is 0 Å². The van der Waals surface area contributed by atoms with Crippen LogP contribution in [0.3, 0.4) is 0 Å². The number of aryl methyl sites for hydroxylation is 1. The fourth-order valence-corrected chi connectivity index (χ4v) is 1.33. The predicted octanol–water partition coefficient (Wildman–Crippen LogP) is -0.609. The number of rotatable bonds is 3. The van der Waals surface area contributed by atoms with Crippen LogP contribution in [-0.2, 0) is 11.2 Å². The molecule has 0 bridgehead atoms. The topological polar surface area (TPSA) is 76.1 Å². The molecule has 14 heavy (non-hydrogen) atoms. The summed E-state index contributed by atoms with van der Waals surface area (Å²) in [6.07, 6.45) is 0.568. The number of carboxylic acids is 1. The third-order valence-corrected chi connectivity index (χ3v) is 2.00. The highest BCUT2D eigenvalue weighted by Gasteiger charge is 2.05. The quantitative estimate of drug-likeness (QED) is 0.690. The fraction of sp³-hybridized carbons (Fsp3) is 0.222.